The predicted molar refractivity (Wildman–Crippen MR) is 87.0 cm³/mol. The third-order valence-electron chi connectivity index (χ3n) is 2.71. The van der Waals surface area contributed by atoms with Crippen molar-refractivity contribution in [3.63, 3.8) is 0 Å². The number of halogens is 1. The minimum absolute atomic E-state index is 0.159. The van der Waals surface area contributed by atoms with Crippen molar-refractivity contribution in [1.82, 2.24) is 5.32 Å². The van der Waals surface area contributed by atoms with Gasteiger partial charge in [-0.2, -0.15) is 0 Å². The van der Waals surface area contributed by atoms with E-state index in [-0.39, 0.29) is 6.04 Å². The Morgan fingerprint density at radius 1 is 1.37 bits per heavy atom. The molecule has 2 heterocycles. The van der Waals surface area contributed by atoms with E-state index in [0.717, 1.165) is 16.6 Å². The van der Waals surface area contributed by atoms with Crippen molar-refractivity contribution < 1.29 is 4.21 Å². The Morgan fingerprint density at radius 3 is 2.79 bits per heavy atom. The summed E-state index contributed by atoms with van der Waals surface area (Å²) in [5.74, 6) is 1.41. The molecular weight excluding hydrogens is 318 g/mol. The van der Waals surface area contributed by atoms with Gasteiger partial charge in [0, 0.05) is 38.6 Å². The Hall–Kier alpha value is -0.200. The summed E-state index contributed by atoms with van der Waals surface area (Å²) in [6.07, 6.45) is 0. The quantitative estimate of drug-likeness (QED) is 0.832. The van der Waals surface area contributed by atoms with Crippen LogP contribution < -0.4 is 5.32 Å². The molecule has 2 atom stereocenters. The Kier molecular flexibility index (Phi) is 6.04. The lowest BCUT2D eigenvalue weighted by Gasteiger charge is -2.15. The summed E-state index contributed by atoms with van der Waals surface area (Å²) in [6, 6.07) is 8.31. The predicted octanol–water partition coefficient (Wildman–Crippen LogP) is 3.91. The van der Waals surface area contributed by atoms with E-state index in [9.17, 15) is 4.21 Å². The molecule has 0 fully saturated rings. The van der Waals surface area contributed by atoms with E-state index in [1.807, 2.05) is 19.1 Å². The SMILES string of the molecule is CCS(=O)CCNC(c1cccs1)c1ccc(Cl)s1. The summed E-state index contributed by atoms with van der Waals surface area (Å²) in [5.41, 5.74) is 0. The second-order valence-corrected chi connectivity index (χ2v) is 8.57. The average Bonchev–Trinajstić information content (AvgIpc) is 3.06. The van der Waals surface area contributed by atoms with Crippen molar-refractivity contribution in [3.8, 4) is 0 Å². The average molecular weight is 334 g/mol. The van der Waals surface area contributed by atoms with Gasteiger partial charge in [0.25, 0.3) is 0 Å². The van der Waals surface area contributed by atoms with Crippen molar-refractivity contribution in [1.29, 1.82) is 0 Å². The van der Waals surface area contributed by atoms with Crippen LogP contribution in [0.2, 0.25) is 4.34 Å². The van der Waals surface area contributed by atoms with Gasteiger partial charge in [-0.05, 0) is 23.6 Å². The van der Waals surface area contributed by atoms with Crippen LogP contribution in [0.4, 0.5) is 0 Å². The third kappa shape index (κ3) is 4.39. The number of hydrogen-bond donors (Lipinski definition) is 1. The van der Waals surface area contributed by atoms with Gasteiger partial charge in [0.15, 0.2) is 0 Å². The van der Waals surface area contributed by atoms with Crippen molar-refractivity contribution in [2.45, 2.75) is 13.0 Å². The fraction of sp³-hybridized carbons (Fsp3) is 0.385. The van der Waals surface area contributed by atoms with Gasteiger partial charge in [0.1, 0.15) is 0 Å². The molecule has 0 amide bonds. The molecule has 0 saturated carbocycles. The smallest absolute Gasteiger partial charge is 0.0931 e. The zero-order valence-corrected chi connectivity index (χ0v) is 13.8. The van der Waals surface area contributed by atoms with E-state index in [0.29, 0.717) is 5.75 Å². The van der Waals surface area contributed by atoms with Gasteiger partial charge >= 0.3 is 0 Å². The van der Waals surface area contributed by atoms with Crippen LogP contribution in [0.3, 0.4) is 0 Å². The maximum Gasteiger partial charge on any atom is 0.0931 e. The molecule has 2 nitrogen and oxygen atoms in total. The number of thiophene rings is 2. The minimum atomic E-state index is -0.723. The molecule has 2 aromatic rings. The maximum atomic E-state index is 11.5. The highest BCUT2D eigenvalue weighted by atomic mass is 35.5. The maximum absolute atomic E-state index is 11.5. The molecule has 0 radical (unpaired) electrons. The van der Waals surface area contributed by atoms with Gasteiger partial charge < -0.3 is 5.32 Å². The fourth-order valence-electron chi connectivity index (χ4n) is 1.74. The second-order valence-electron chi connectivity index (χ2n) is 3.98. The Morgan fingerprint density at radius 2 is 2.21 bits per heavy atom. The van der Waals surface area contributed by atoms with Crippen LogP contribution in [0.1, 0.15) is 22.7 Å². The van der Waals surface area contributed by atoms with E-state index < -0.39 is 10.8 Å². The molecular formula is C13H16ClNOS3. The van der Waals surface area contributed by atoms with Crippen molar-refractivity contribution in [2.75, 3.05) is 18.1 Å². The zero-order valence-electron chi connectivity index (χ0n) is 10.6. The molecule has 0 spiro atoms. The Balaban J connectivity index is 2.05. The van der Waals surface area contributed by atoms with E-state index in [2.05, 4.69) is 22.8 Å². The van der Waals surface area contributed by atoms with E-state index in [1.165, 1.54) is 9.75 Å². The van der Waals surface area contributed by atoms with Gasteiger partial charge in [-0.25, -0.2) is 0 Å². The first-order valence-corrected chi connectivity index (χ1v) is 9.64. The van der Waals surface area contributed by atoms with E-state index >= 15 is 0 Å². The summed E-state index contributed by atoms with van der Waals surface area (Å²) < 4.78 is 12.3. The first kappa shape index (κ1) is 15.2. The van der Waals surface area contributed by atoms with Gasteiger partial charge in [-0.15, -0.1) is 22.7 Å². The summed E-state index contributed by atoms with van der Waals surface area (Å²) >= 11 is 9.34. The van der Waals surface area contributed by atoms with Gasteiger partial charge in [0.2, 0.25) is 0 Å². The molecule has 104 valence electrons. The van der Waals surface area contributed by atoms with Gasteiger partial charge in [-0.3, -0.25) is 4.21 Å². The lowest BCUT2D eigenvalue weighted by atomic mass is 10.2. The van der Waals surface area contributed by atoms with Gasteiger partial charge in [-0.1, -0.05) is 24.6 Å². The zero-order chi connectivity index (χ0) is 13.7. The number of rotatable bonds is 7. The highest BCUT2D eigenvalue weighted by Gasteiger charge is 2.16. The van der Waals surface area contributed by atoms with Crippen LogP contribution in [-0.4, -0.2) is 22.3 Å². The molecule has 6 heteroatoms. The first-order valence-electron chi connectivity index (χ1n) is 6.07. The fourth-order valence-corrected chi connectivity index (χ4v) is 4.42. The molecule has 0 bridgehead atoms. The summed E-state index contributed by atoms with van der Waals surface area (Å²) in [7, 11) is -0.723. The monoisotopic (exact) mass is 333 g/mol. The summed E-state index contributed by atoms with van der Waals surface area (Å²) in [4.78, 5) is 2.47. The van der Waals surface area contributed by atoms with Crippen molar-refractivity contribution in [3.05, 3.63) is 43.7 Å². The molecule has 0 aliphatic heterocycles. The summed E-state index contributed by atoms with van der Waals surface area (Å²) in [6.45, 7) is 2.70. The van der Waals surface area contributed by atoms with Crippen LogP contribution >= 0.6 is 34.3 Å². The van der Waals surface area contributed by atoms with E-state index in [4.69, 9.17) is 11.6 Å². The highest BCUT2D eigenvalue weighted by molar-refractivity contribution is 7.84. The number of nitrogens with one attached hydrogen (secondary N) is 1. The minimum Gasteiger partial charge on any atom is -0.304 e. The first-order chi connectivity index (χ1) is 9.20. The second kappa shape index (κ2) is 7.55. The topological polar surface area (TPSA) is 29.1 Å². The molecule has 2 unspecified atom stereocenters. The molecule has 0 saturated heterocycles. The largest absolute Gasteiger partial charge is 0.304 e. The van der Waals surface area contributed by atoms with Crippen molar-refractivity contribution >= 4 is 45.1 Å². The number of hydrogen-bond acceptors (Lipinski definition) is 4. The lowest BCUT2D eigenvalue weighted by molar-refractivity contribution is 0.641. The molecule has 2 rings (SSSR count). The van der Waals surface area contributed by atoms with Crippen LogP contribution in [0.15, 0.2) is 29.6 Å². The highest BCUT2D eigenvalue weighted by Crippen LogP contribution is 2.32. The van der Waals surface area contributed by atoms with Crippen LogP contribution in [0.25, 0.3) is 0 Å². The Labute approximate surface area is 129 Å². The molecule has 0 aromatic carbocycles. The van der Waals surface area contributed by atoms with Crippen molar-refractivity contribution in [2.24, 2.45) is 0 Å². The van der Waals surface area contributed by atoms with E-state index in [1.54, 1.807) is 22.7 Å². The lowest BCUT2D eigenvalue weighted by Crippen LogP contribution is -2.25. The molecule has 19 heavy (non-hydrogen) atoms. The standard InChI is InChI=1S/C13H16ClNOS3/c1-2-19(16)9-7-15-13(10-4-3-8-17-10)11-5-6-12(14)18-11/h3-6,8,13,15H,2,7,9H2,1H3. The normalized spacial score (nSPS) is 14.4. The van der Waals surface area contributed by atoms with Crippen LogP contribution in [-0.2, 0) is 10.8 Å². The molecule has 2 aromatic heterocycles. The molecule has 1 N–H and O–H groups in total. The summed E-state index contributed by atoms with van der Waals surface area (Å²) in [5, 5.41) is 5.56. The molecule has 0 aliphatic carbocycles. The van der Waals surface area contributed by atoms with Gasteiger partial charge in [0.05, 0.1) is 10.4 Å². The third-order valence-corrected chi connectivity index (χ3v) is 6.24. The Bertz CT molecular complexity index is 524. The van der Waals surface area contributed by atoms with Crippen LogP contribution in [0, 0.1) is 0 Å². The molecule has 0 aliphatic rings. The van der Waals surface area contributed by atoms with Crippen LogP contribution in [0.5, 0.6) is 0 Å².